The standard InChI is InChI=1S/C16H33N/c1-5-14(3)12-15(6-2)17-13-16(4)10-8-7-9-11-16/h14-15,17H,5-13H2,1-4H3. The van der Waals surface area contributed by atoms with Crippen molar-refractivity contribution < 1.29 is 0 Å². The van der Waals surface area contributed by atoms with E-state index in [1.165, 1.54) is 57.9 Å². The average molecular weight is 239 g/mol. The molecule has 102 valence electrons. The van der Waals surface area contributed by atoms with Gasteiger partial charge in [0.1, 0.15) is 0 Å². The fraction of sp³-hybridized carbons (Fsp3) is 1.00. The van der Waals surface area contributed by atoms with E-state index >= 15 is 0 Å². The summed E-state index contributed by atoms with van der Waals surface area (Å²) >= 11 is 0. The highest BCUT2D eigenvalue weighted by molar-refractivity contribution is 4.82. The molecule has 1 saturated carbocycles. The molecule has 0 heterocycles. The minimum atomic E-state index is 0.584. The van der Waals surface area contributed by atoms with E-state index in [0.717, 1.165) is 12.0 Å². The molecule has 1 rings (SSSR count). The molecule has 0 aromatic carbocycles. The fourth-order valence-corrected chi connectivity index (χ4v) is 3.02. The number of nitrogens with one attached hydrogen (secondary N) is 1. The zero-order valence-corrected chi connectivity index (χ0v) is 12.5. The van der Waals surface area contributed by atoms with Crippen LogP contribution in [0.15, 0.2) is 0 Å². The molecule has 2 atom stereocenters. The van der Waals surface area contributed by atoms with Gasteiger partial charge in [0.15, 0.2) is 0 Å². The van der Waals surface area contributed by atoms with Crippen LogP contribution in [-0.4, -0.2) is 12.6 Å². The van der Waals surface area contributed by atoms with E-state index in [2.05, 4.69) is 33.0 Å². The van der Waals surface area contributed by atoms with Crippen LogP contribution < -0.4 is 5.32 Å². The zero-order chi connectivity index (χ0) is 12.7. The largest absolute Gasteiger partial charge is 0.313 e. The second-order valence-corrected chi connectivity index (χ2v) is 6.61. The van der Waals surface area contributed by atoms with Gasteiger partial charge in [0.2, 0.25) is 0 Å². The first-order valence-corrected chi connectivity index (χ1v) is 7.83. The molecule has 1 aliphatic carbocycles. The highest BCUT2D eigenvalue weighted by Gasteiger charge is 2.27. The van der Waals surface area contributed by atoms with E-state index in [1.807, 2.05) is 0 Å². The highest BCUT2D eigenvalue weighted by Crippen LogP contribution is 2.35. The second-order valence-electron chi connectivity index (χ2n) is 6.61. The smallest absolute Gasteiger partial charge is 0.00672 e. The van der Waals surface area contributed by atoms with Gasteiger partial charge >= 0.3 is 0 Å². The first-order chi connectivity index (χ1) is 8.09. The summed E-state index contributed by atoms with van der Waals surface area (Å²) in [4.78, 5) is 0. The number of rotatable bonds is 7. The minimum Gasteiger partial charge on any atom is -0.313 e. The van der Waals surface area contributed by atoms with Crippen molar-refractivity contribution in [1.82, 2.24) is 5.32 Å². The third-order valence-electron chi connectivity index (χ3n) is 4.75. The second kappa shape index (κ2) is 7.41. The molecule has 1 aliphatic rings. The van der Waals surface area contributed by atoms with Crippen molar-refractivity contribution in [2.24, 2.45) is 11.3 Å². The van der Waals surface area contributed by atoms with E-state index in [-0.39, 0.29) is 0 Å². The van der Waals surface area contributed by atoms with Gasteiger partial charge < -0.3 is 5.32 Å². The van der Waals surface area contributed by atoms with E-state index in [9.17, 15) is 0 Å². The molecule has 0 aromatic rings. The SMILES string of the molecule is CCC(C)CC(CC)NCC1(C)CCCCC1. The van der Waals surface area contributed by atoms with Gasteiger partial charge in [-0.25, -0.2) is 0 Å². The highest BCUT2D eigenvalue weighted by atomic mass is 14.9. The van der Waals surface area contributed by atoms with Crippen molar-refractivity contribution in [3.63, 3.8) is 0 Å². The lowest BCUT2D eigenvalue weighted by Crippen LogP contribution is -2.39. The van der Waals surface area contributed by atoms with Crippen LogP contribution in [0.4, 0.5) is 0 Å². The number of hydrogen-bond acceptors (Lipinski definition) is 1. The van der Waals surface area contributed by atoms with Gasteiger partial charge in [0.05, 0.1) is 0 Å². The fourth-order valence-electron chi connectivity index (χ4n) is 3.02. The lowest BCUT2D eigenvalue weighted by Gasteiger charge is -2.35. The molecule has 1 fully saturated rings. The Bertz CT molecular complexity index is 194. The van der Waals surface area contributed by atoms with E-state index < -0.39 is 0 Å². The average Bonchev–Trinajstić information content (AvgIpc) is 2.35. The normalized spacial score (nSPS) is 23.3. The minimum absolute atomic E-state index is 0.584. The van der Waals surface area contributed by atoms with Gasteiger partial charge in [0, 0.05) is 12.6 Å². The van der Waals surface area contributed by atoms with Crippen molar-refractivity contribution in [2.75, 3.05) is 6.54 Å². The van der Waals surface area contributed by atoms with Crippen molar-refractivity contribution in [3.05, 3.63) is 0 Å². The lowest BCUT2D eigenvalue weighted by atomic mass is 9.75. The molecule has 17 heavy (non-hydrogen) atoms. The molecular formula is C16H33N. The summed E-state index contributed by atoms with van der Waals surface area (Å²) in [6, 6.07) is 0.740. The molecule has 1 nitrogen and oxygen atoms in total. The zero-order valence-electron chi connectivity index (χ0n) is 12.5. The molecule has 0 aromatic heterocycles. The van der Waals surface area contributed by atoms with Crippen LogP contribution in [-0.2, 0) is 0 Å². The van der Waals surface area contributed by atoms with Crippen molar-refractivity contribution in [2.45, 2.75) is 85.1 Å². The van der Waals surface area contributed by atoms with Crippen LogP contribution in [0.2, 0.25) is 0 Å². The van der Waals surface area contributed by atoms with E-state index in [0.29, 0.717) is 5.41 Å². The molecule has 0 aliphatic heterocycles. The molecule has 1 N–H and O–H groups in total. The molecule has 2 unspecified atom stereocenters. The Balaban J connectivity index is 2.30. The molecule has 0 bridgehead atoms. The maximum atomic E-state index is 3.84. The molecule has 0 amide bonds. The van der Waals surface area contributed by atoms with Gasteiger partial charge in [-0.1, -0.05) is 53.4 Å². The van der Waals surface area contributed by atoms with Crippen LogP contribution >= 0.6 is 0 Å². The van der Waals surface area contributed by atoms with Crippen LogP contribution in [0.1, 0.15) is 79.1 Å². The predicted molar refractivity (Wildman–Crippen MR) is 77.3 cm³/mol. The Kier molecular flexibility index (Phi) is 6.54. The summed E-state index contributed by atoms with van der Waals surface area (Å²) in [6.07, 6.45) is 11.2. The monoisotopic (exact) mass is 239 g/mol. The molecular weight excluding hydrogens is 206 g/mol. The van der Waals surface area contributed by atoms with Crippen molar-refractivity contribution in [3.8, 4) is 0 Å². The van der Waals surface area contributed by atoms with Gasteiger partial charge in [-0.3, -0.25) is 0 Å². The van der Waals surface area contributed by atoms with Gasteiger partial charge in [-0.15, -0.1) is 0 Å². The van der Waals surface area contributed by atoms with Crippen LogP contribution in [0, 0.1) is 11.3 Å². The number of hydrogen-bond donors (Lipinski definition) is 1. The Labute approximate surface area is 109 Å². The van der Waals surface area contributed by atoms with Crippen molar-refractivity contribution >= 4 is 0 Å². The van der Waals surface area contributed by atoms with Gasteiger partial charge in [0.25, 0.3) is 0 Å². The summed E-state index contributed by atoms with van der Waals surface area (Å²) in [5.74, 6) is 0.867. The first kappa shape index (κ1) is 15.0. The first-order valence-electron chi connectivity index (χ1n) is 7.83. The van der Waals surface area contributed by atoms with E-state index in [4.69, 9.17) is 0 Å². The van der Waals surface area contributed by atoms with Crippen LogP contribution in [0.3, 0.4) is 0 Å². The predicted octanol–water partition coefficient (Wildman–Crippen LogP) is 4.76. The van der Waals surface area contributed by atoms with Crippen LogP contribution in [0.25, 0.3) is 0 Å². The molecule has 1 heteroatoms. The quantitative estimate of drug-likeness (QED) is 0.675. The Morgan fingerprint density at radius 1 is 1.06 bits per heavy atom. The lowest BCUT2D eigenvalue weighted by molar-refractivity contribution is 0.194. The Morgan fingerprint density at radius 2 is 1.71 bits per heavy atom. The molecule has 0 radical (unpaired) electrons. The van der Waals surface area contributed by atoms with E-state index in [1.54, 1.807) is 0 Å². The summed E-state index contributed by atoms with van der Waals surface area (Å²) < 4.78 is 0. The third-order valence-corrected chi connectivity index (χ3v) is 4.75. The molecule has 0 spiro atoms. The van der Waals surface area contributed by atoms with Gasteiger partial charge in [-0.05, 0) is 37.0 Å². The van der Waals surface area contributed by atoms with Crippen molar-refractivity contribution in [1.29, 1.82) is 0 Å². The van der Waals surface area contributed by atoms with Gasteiger partial charge in [-0.2, -0.15) is 0 Å². The topological polar surface area (TPSA) is 12.0 Å². The molecule has 0 saturated heterocycles. The summed E-state index contributed by atoms with van der Waals surface area (Å²) in [5, 5.41) is 3.84. The summed E-state index contributed by atoms with van der Waals surface area (Å²) in [7, 11) is 0. The third kappa shape index (κ3) is 5.42. The van der Waals surface area contributed by atoms with Crippen LogP contribution in [0.5, 0.6) is 0 Å². The Hall–Kier alpha value is -0.0400. The maximum Gasteiger partial charge on any atom is 0.00672 e. The Morgan fingerprint density at radius 3 is 2.24 bits per heavy atom. The summed E-state index contributed by atoms with van der Waals surface area (Å²) in [6.45, 7) is 10.7. The maximum absolute atomic E-state index is 3.84. The summed E-state index contributed by atoms with van der Waals surface area (Å²) in [5.41, 5.74) is 0.584.